The number of carbonyl (C=O) groups is 1. The summed E-state index contributed by atoms with van der Waals surface area (Å²) in [6.07, 6.45) is 0. The van der Waals surface area contributed by atoms with Crippen molar-refractivity contribution in [1.82, 2.24) is 9.88 Å². The first-order valence-corrected chi connectivity index (χ1v) is 11.3. The zero-order valence-corrected chi connectivity index (χ0v) is 18.2. The molecule has 0 unspecified atom stereocenters. The molecule has 7 heteroatoms. The van der Waals surface area contributed by atoms with Crippen molar-refractivity contribution in [3.8, 4) is 5.75 Å². The zero-order chi connectivity index (χ0) is 20.8. The van der Waals surface area contributed by atoms with Gasteiger partial charge < -0.3 is 14.4 Å². The molecule has 5 nitrogen and oxygen atoms in total. The van der Waals surface area contributed by atoms with Gasteiger partial charge in [-0.2, -0.15) is 0 Å². The number of rotatable bonds is 9. The fourth-order valence-corrected chi connectivity index (χ4v) is 4.79. The number of nitrogens with zero attached hydrogens (tertiary/aromatic N) is 2. The van der Waals surface area contributed by atoms with Crippen molar-refractivity contribution in [3.63, 3.8) is 0 Å². The van der Waals surface area contributed by atoms with Crippen molar-refractivity contribution in [2.75, 3.05) is 13.7 Å². The Balaban J connectivity index is 1.42. The molecule has 0 fully saturated rings. The number of thiazole rings is 1. The Kier molecular flexibility index (Phi) is 6.74. The highest BCUT2D eigenvalue weighted by Gasteiger charge is 2.17. The summed E-state index contributed by atoms with van der Waals surface area (Å²) in [5.41, 5.74) is 1.93. The van der Waals surface area contributed by atoms with Gasteiger partial charge in [0, 0.05) is 17.0 Å². The molecule has 0 saturated carbocycles. The monoisotopic (exact) mass is 438 g/mol. The maximum atomic E-state index is 13.0. The minimum absolute atomic E-state index is 0.0104. The number of aromatic nitrogens is 1. The van der Waals surface area contributed by atoms with Crippen LogP contribution in [0.15, 0.2) is 66.0 Å². The molecule has 0 bridgehead atoms. The molecule has 30 heavy (non-hydrogen) atoms. The number of hydrogen-bond donors (Lipinski definition) is 0. The van der Waals surface area contributed by atoms with Crippen LogP contribution in [0, 0.1) is 0 Å². The third-order valence-electron chi connectivity index (χ3n) is 4.62. The van der Waals surface area contributed by atoms with Crippen LogP contribution in [0.25, 0.3) is 10.2 Å². The molecule has 0 saturated heterocycles. The van der Waals surface area contributed by atoms with Crippen LogP contribution in [0.1, 0.15) is 15.4 Å². The number of methoxy groups -OCH3 is 1. The molecule has 0 spiro atoms. The van der Waals surface area contributed by atoms with E-state index in [1.165, 1.54) is 0 Å². The van der Waals surface area contributed by atoms with E-state index in [-0.39, 0.29) is 12.5 Å². The summed E-state index contributed by atoms with van der Waals surface area (Å²) >= 11 is 3.23. The van der Waals surface area contributed by atoms with E-state index in [0.29, 0.717) is 19.7 Å². The quantitative estimate of drug-likeness (QED) is 0.364. The van der Waals surface area contributed by atoms with E-state index >= 15 is 0 Å². The number of para-hydroxylation sites is 2. The van der Waals surface area contributed by atoms with Crippen molar-refractivity contribution in [2.45, 2.75) is 19.7 Å². The van der Waals surface area contributed by atoms with Crippen LogP contribution in [0.5, 0.6) is 5.75 Å². The largest absolute Gasteiger partial charge is 0.496 e. The molecule has 0 aliphatic rings. The molecule has 154 valence electrons. The normalized spacial score (nSPS) is 11.0. The van der Waals surface area contributed by atoms with Gasteiger partial charge in [-0.05, 0) is 29.6 Å². The third kappa shape index (κ3) is 5.05. The topological polar surface area (TPSA) is 51.7 Å². The van der Waals surface area contributed by atoms with Crippen LogP contribution in [-0.4, -0.2) is 29.5 Å². The number of amides is 1. The first kappa shape index (κ1) is 20.5. The first-order chi connectivity index (χ1) is 14.7. The van der Waals surface area contributed by atoms with E-state index in [2.05, 4.69) is 4.98 Å². The number of carbonyl (C=O) groups excluding carboxylic acids is 1. The Labute approximate surface area is 183 Å². The Hall–Kier alpha value is -2.74. The van der Waals surface area contributed by atoms with Gasteiger partial charge in [-0.3, -0.25) is 4.79 Å². The Bertz CT molecular complexity index is 1080. The van der Waals surface area contributed by atoms with Gasteiger partial charge in [0.25, 0.3) is 0 Å². The second-order valence-corrected chi connectivity index (χ2v) is 8.86. The fraction of sp³-hybridized carbons (Fsp3) is 0.217. The van der Waals surface area contributed by atoms with Gasteiger partial charge in [0.15, 0.2) is 0 Å². The third-order valence-corrected chi connectivity index (χ3v) is 6.49. The Morgan fingerprint density at radius 1 is 1.03 bits per heavy atom. The number of fused-ring (bicyclic) bond motifs is 1. The van der Waals surface area contributed by atoms with Gasteiger partial charge in [0.05, 0.1) is 30.5 Å². The first-order valence-electron chi connectivity index (χ1n) is 9.57. The Morgan fingerprint density at radius 3 is 2.67 bits per heavy atom. The van der Waals surface area contributed by atoms with Gasteiger partial charge in [-0.1, -0.05) is 36.4 Å². The molecular weight excluding hydrogens is 416 g/mol. The number of benzene rings is 2. The number of hydrogen-bond acceptors (Lipinski definition) is 6. The summed E-state index contributed by atoms with van der Waals surface area (Å²) in [6, 6.07) is 19.8. The van der Waals surface area contributed by atoms with Gasteiger partial charge >= 0.3 is 0 Å². The van der Waals surface area contributed by atoms with Crippen LogP contribution in [0.2, 0.25) is 0 Å². The van der Waals surface area contributed by atoms with Gasteiger partial charge in [-0.15, -0.1) is 22.7 Å². The molecule has 0 aliphatic carbocycles. The van der Waals surface area contributed by atoms with Gasteiger partial charge in [0.2, 0.25) is 5.91 Å². The van der Waals surface area contributed by atoms with Crippen molar-refractivity contribution in [2.24, 2.45) is 0 Å². The zero-order valence-electron chi connectivity index (χ0n) is 16.6. The summed E-state index contributed by atoms with van der Waals surface area (Å²) in [5, 5.41) is 2.89. The minimum Gasteiger partial charge on any atom is -0.496 e. The minimum atomic E-state index is -0.0598. The molecule has 1 amide bonds. The SMILES string of the molecule is COc1ccccc1CN(Cc1cccs1)C(=O)COCc1nc2ccccc2s1. The molecule has 0 atom stereocenters. The summed E-state index contributed by atoms with van der Waals surface area (Å²) < 4.78 is 12.3. The van der Waals surface area contributed by atoms with Crippen LogP contribution in [-0.2, 0) is 29.2 Å². The van der Waals surface area contributed by atoms with E-state index in [1.807, 2.05) is 70.9 Å². The molecule has 4 aromatic rings. The lowest BCUT2D eigenvalue weighted by Gasteiger charge is -2.23. The fourth-order valence-electron chi connectivity index (χ4n) is 3.16. The molecule has 0 N–H and O–H groups in total. The van der Waals surface area contributed by atoms with Crippen LogP contribution in [0.3, 0.4) is 0 Å². The van der Waals surface area contributed by atoms with Crippen LogP contribution >= 0.6 is 22.7 Å². The molecule has 2 aromatic heterocycles. The molecule has 4 rings (SSSR count). The maximum absolute atomic E-state index is 13.0. The van der Waals surface area contributed by atoms with Crippen molar-refractivity contribution in [1.29, 1.82) is 0 Å². The highest BCUT2D eigenvalue weighted by atomic mass is 32.1. The van der Waals surface area contributed by atoms with Crippen molar-refractivity contribution < 1.29 is 14.3 Å². The molecular formula is C23H22N2O3S2. The second-order valence-electron chi connectivity index (χ2n) is 6.71. The maximum Gasteiger partial charge on any atom is 0.249 e. The average molecular weight is 439 g/mol. The average Bonchev–Trinajstić information content (AvgIpc) is 3.42. The standard InChI is InChI=1S/C23H22N2O3S2/c1-27-20-10-4-2-7-17(20)13-25(14-18-8-6-12-29-18)23(26)16-28-15-22-24-19-9-3-5-11-21(19)30-22/h2-12H,13-16H2,1H3. The molecule has 2 aromatic carbocycles. The van der Waals surface area contributed by atoms with E-state index in [4.69, 9.17) is 9.47 Å². The summed E-state index contributed by atoms with van der Waals surface area (Å²) in [7, 11) is 1.64. The van der Waals surface area contributed by atoms with E-state index in [1.54, 1.807) is 29.8 Å². The smallest absolute Gasteiger partial charge is 0.249 e. The molecule has 2 heterocycles. The molecule has 0 radical (unpaired) electrons. The van der Waals surface area contributed by atoms with Crippen LogP contribution < -0.4 is 4.74 Å². The number of ether oxygens (including phenoxy) is 2. The lowest BCUT2D eigenvalue weighted by Crippen LogP contribution is -2.33. The van der Waals surface area contributed by atoms with Crippen molar-refractivity contribution in [3.05, 3.63) is 81.5 Å². The summed E-state index contributed by atoms with van der Waals surface area (Å²) in [4.78, 5) is 20.5. The van der Waals surface area contributed by atoms with E-state index in [9.17, 15) is 4.79 Å². The van der Waals surface area contributed by atoms with E-state index in [0.717, 1.165) is 31.4 Å². The highest BCUT2D eigenvalue weighted by Crippen LogP contribution is 2.23. The second kappa shape index (κ2) is 9.84. The lowest BCUT2D eigenvalue weighted by atomic mass is 10.2. The number of thiophene rings is 1. The summed E-state index contributed by atoms with van der Waals surface area (Å²) in [5.74, 6) is 0.715. The van der Waals surface area contributed by atoms with Crippen LogP contribution in [0.4, 0.5) is 0 Å². The molecule has 0 aliphatic heterocycles. The van der Waals surface area contributed by atoms with Crippen molar-refractivity contribution >= 4 is 38.8 Å². The Morgan fingerprint density at radius 2 is 1.87 bits per heavy atom. The highest BCUT2D eigenvalue weighted by molar-refractivity contribution is 7.18. The predicted molar refractivity (Wildman–Crippen MR) is 121 cm³/mol. The van der Waals surface area contributed by atoms with Gasteiger partial charge in [-0.25, -0.2) is 4.98 Å². The van der Waals surface area contributed by atoms with Gasteiger partial charge in [0.1, 0.15) is 17.4 Å². The predicted octanol–water partition coefficient (Wildman–Crippen LogP) is 5.11. The lowest BCUT2D eigenvalue weighted by molar-refractivity contribution is -0.137. The summed E-state index contributed by atoms with van der Waals surface area (Å²) in [6.45, 7) is 1.34. The van der Waals surface area contributed by atoms with E-state index < -0.39 is 0 Å².